The van der Waals surface area contributed by atoms with Crippen molar-refractivity contribution >= 4 is 11.9 Å². The molecule has 1 aromatic rings. The first-order chi connectivity index (χ1) is 11.0. The Kier molecular flexibility index (Phi) is 5.92. The molecule has 1 aromatic heterocycles. The Hall–Kier alpha value is -2.15. The second-order valence-electron chi connectivity index (χ2n) is 5.66. The van der Waals surface area contributed by atoms with E-state index in [9.17, 15) is 14.7 Å². The minimum atomic E-state index is -1.04. The maximum Gasteiger partial charge on any atom is 0.326 e. The fraction of sp³-hybridized carbons (Fsp3) is 0.562. The summed E-state index contributed by atoms with van der Waals surface area (Å²) in [6.07, 6.45) is 2.85. The molecule has 2 rings (SSSR count). The number of aromatic nitrogens is 1. The van der Waals surface area contributed by atoms with Gasteiger partial charge in [-0.3, -0.25) is 4.79 Å². The molecule has 0 saturated carbocycles. The third-order valence-electron chi connectivity index (χ3n) is 3.94. The van der Waals surface area contributed by atoms with Gasteiger partial charge in [0.25, 0.3) is 5.91 Å². The van der Waals surface area contributed by atoms with Crippen molar-refractivity contribution in [3.63, 3.8) is 0 Å². The topological polar surface area (TPSA) is 97.8 Å². The third-order valence-corrected chi connectivity index (χ3v) is 3.94. The number of carbonyl (C=O) groups excluding carboxylic acids is 1. The molecule has 1 saturated heterocycles. The summed E-state index contributed by atoms with van der Waals surface area (Å²) < 4.78 is 10.9. The zero-order valence-electron chi connectivity index (χ0n) is 13.3. The van der Waals surface area contributed by atoms with E-state index >= 15 is 0 Å². The fourth-order valence-electron chi connectivity index (χ4n) is 2.30. The molecule has 0 aliphatic carbocycles. The minimum Gasteiger partial charge on any atom is -0.480 e. The highest BCUT2D eigenvalue weighted by Crippen LogP contribution is 2.16. The molecule has 1 fully saturated rings. The first-order valence-electron chi connectivity index (χ1n) is 7.75. The van der Waals surface area contributed by atoms with Crippen LogP contribution in [0, 0.1) is 5.92 Å². The van der Waals surface area contributed by atoms with E-state index in [1.165, 1.54) is 18.3 Å². The number of amides is 1. The van der Waals surface area contributed by atoms with E-state index in [1.54, 1.807) is 6.92 Å². The number of hydrogen-bond acceptors (Lipinski definition) is 5. The Balaban J connectivity index is 2.04. The summed E-state index contributed by atoms with van der Waals surface area (Å²) in [6, 6.07) is 2.12. The SMILES string of the molecule is CC[C@H](C)[C@H](NC(=O)c1ccnc(OC2CCOC2)c1)C(=O)O. The van der Waals surface area contributed by atoms with Gasteiger partial charge in [-0.15, -0.1) is 0 Å². The lowest BCUT2D eigenvalue weighted by Crippen LogP contribution is -2.45. The monoisotopic (exact) mass is 322 g/mol. The number of pyridine rings is 1. The number of nitrogens with one attached hydrogen (secondary N) is 1. The summed E-state index contributed by atoms with van der Waals surface area (Å²) in [4.78, 5) is 27.7. The van der Waals surface area contributed by atoms with Crippen LogP contribution in [0.15, 0.2) is 18.3 Å². The molecule has 0 bridgehead atoms. The van der Waals surface area contributed by atoms with Gasteiger partial charge in [0.05, 0.1) is 13.2 Å². The molecular weight excluding hydrogens is 300 g/mol. The lowest BCUT2D eigenvalue weighted by Gasteiger charge is -2.20. The molecule has 2 heterocycles. The smallest absolute Gasteiger partial charge is 0.326 e. The zero-order chi connectivity index (χ0) is 16.8. The summed E-state index contributed by atoms with van der Waals surface area (Å²) >= 11 is 0. The molecule has 0 spiro atoms. The summed E-state index contributed by atoms with van der Waals surface area (Å²) in [5.74, 6) is -1.32. The van der Waals surface area contributed by atoms with Crippen LogP contribution in [0.25, 0.3) is 0 Å². The Morgan fingerprint density at radius 2 is 2.35 bits per heavy atom. The number of nitrogens with zero attached hydrogens (tertiary/aromatic N) is 1. The molecule has 0 aromatic carbocycles. The van der Waals surface area contributed by atoms with Gasteiger partial charge in [0, 0.05) is 24.2 Å². The van der Waals surface area contributed by atoms with E-state index in [1.807, 2.05) is 6.92 Å². The van der Waals surface area contributed by atoms with Gasteiger partial charge in [-0.25, -0.2) is 9.78 Å². The normalized spacial score (nSPS) is 19.8. The van der Waals surface area contributed by atoms with Crippen LogP contribution in [0.2, 0.25) is 0 Å². The maximum atomic E-state index is 12.3. The number of carboxylic acids is 1. The standard InChI is InChI=1S/C16H22N2O5/c1-3-10(2)14(16(20)21)18-15(19)11-4-6-17-13(8-11)23-12-5-7-22-9-12/h4,6,8,10,12,14H,3,5,7,9H2,1-2H3,(H,18,19)(H,20,21)/t10-,12?,14-/m0/s1. The molecule has 2 N–H and O–H groups in total. The van der Waals surface area contributed by atoms with Crippen molar-refractivity contribution in [2.45, 2.75) is 38.8 Å². The Labute approximate surface area is 135 Å². The average Bonchev–Trinajstić information content (AvgIpc) is 3.04. The van der Waals surface area contributed by atoms with Crippen molar-refractivity contribution in [3.8, 4) is 5.88 Å². The Morgan fingerprint density at radius 3 is 2.96 bits per heavy atom. The van der Waals surface area contributed by atoms with Gasteiger partial charge in [0.15, 0.2) is 0 Å². The first kappa shape index (κ1) is 17.2. The summed E-state index contributed by atoms with van der Waals surface area (Å²) in [6.45, 7) is 4.84. The third kappa shape index (κ3) is 4.66. The largest absolute Gasteiger partial charge is 0.480 e. The van der Waals surface area contributed by atoms with E-state index in [-0.39, 0.29) is 12.0 Å². The lowest BCUT2D eigenvalue weighted by atomic mass is 9.99. The zero-order valence-corrected chi connectivity index (χ0v) is 13.3. The lowest BCUT2D eigenvalue weighted by molar-refractivity contribution is -0.140. The summed E-state index contributed by atoms with van der Waals surface area (Å²) in [5, 5.41) is 11.8. The van der Waals surface area contributed by atoms with Gasteiger partial charge in [0.2, 0.25) is 5.88 Å². The van der Waals surface area contributed by atoms with Crippen molar-refractivity contribution in [3.05, 3.63) is 23.9 Å². The van der Waals surface area contributed by atoms with Gasteiger partial charge in [-0.2, -0.15) is 0 Å². The number of hydrogen-bond donors (Lipinski definition) is 2. The van der Waals surface area contributed by atoms with E-state index in [0.29, 0.717) is 31.1 Å². The molecule has 1 amide bonds. The van der Waals surface area contributed by atoms with Crippen LogP contribution in [0.1, 0.15) is 37.0 Å². The Bertz CT molecular complexity index is 557. The molecule has 7 nitrogen and oxygen atoms in total. The van der Waals surface area contributed by atoms with Gasteiger partial charge in [0.1, 0.15) is 12.1 Å². The number of carboxylic acid groups (broad SMARTS) is 1. The maximum absolute atomic E-state index is 12.3. The van der Waals surface area contributed by atoms with Crippen molar-refractivity contribution < 1.29 is 24.2 Å². The van der Waals surface area contributed by atoms with Crippen LogP contribution in [0.3, 0.4) is 0 Å². The summed E-state index contributed by atoms with van der Waals surface area (Å²) in [5.41, 5.74) is 0.323. The second-order valence-corrected chi connectivity index (χ2v) is 5.66. The number of ether oxygens (including phenoxy) is 2. The highest BCUT2D eigenvalue weighted by atomic mass is 16.5. The van der Waals surface area contributed by atoms with Crippen LogP contribution in [-0.2, 0) is 9.53 Å². The van der Waals surface area contributed by atoms with E-state index in [2.05, 4.69) is 10.3 Å². The van der Waals surface area contributed by atoms with Gasteiger partial charge >= 0.3 is 5.97 Å². The molecular formula is C16H22N2O5. The number of carbonyl (C=O) groups is 2. The van der Waals surface area contributed by atoms with Crippen LogP contribution >= 0.6 is 0 Å². The molecule has 7 heteroatoms. The fourth-order valence-corrected chi connectivity index (χ4v) is 2.30. The van der Waals surface area contributed by atoms with Gasteiger partial charge in [-0.05, 0) is 12.0 Å². The molecule has 1 aliphatic rings. The predicted molar refractivity (Wildman–Crippen MR) is 82.4 cm³/mol. The van der Waals surface area contributed by atoms with Crippen molar-refractivity contribution in [2.75, 3.05) is 13.2 Å². The van der Waals surface area contributed by atoms with Crippen molar-refractivity contribution in [1.82, 2.24) is 10.3 Å². The predicted octanol–water partition coefficient (Wildman–Crippen LogP) is 1.48. The van der Waals surface area contributed by atoms with Crippen LogP contribution in [-0.4, -0.2) is 47.3 Å². The highest BCUT2D eigenvalue weighted by molar-refractivity contribution is 5.96. The highest BCUT2D eigenvalue weighted by Gasteiger charge is 2.26. The van der Waals surface area contributed by atoms with Crippen LogP contribution < -0.4 is 10.1 Å². The number of aliphatic carboxylic acids is 1. The van der Waals surface area contributed by atoms with E-state index in [0.717, 1.165) is 6.42 Å². The molecule has 126 valence electrons. The van der Waals surface area contributed by atoms with E-state index in [4.69, 9.17) is 9.47 Å². The molecule has 3 atom stereocenters. The summed E-state index contributed by atoms with van der Waals surface area (Å²) in [7, 11) is 0. The van der Waals surface area contributed by atoms with Crippen LogP contribution in [0.5, 0.6) is 5.88 Å². The first-order valence-corrected chi connectivity index (χ1v) is 7.75. The minimum absolute atomic E-state index is 0.0623. The Morgan fingerprint density at radius 1 is 1.57 bits per heavy atom. The van der Waals surface area contributed by atoms with E-state index < -0.39 is 17.9 Å². The second kappa shape index (κ2) is 7.92. The van der Waals surface area contributed by atoms with Crippen LogP contribution in [0.4, 0.5) is 0 Å². The van der Waals surface area contributed by atoms with Gasteiger partial charge < -0.3 is 19.9 Å². The number of rotatable bonds is 7. The molecule has 1 aliphatic heterocycles. The quantitative estimate of drug-likeness (QED) is 0.789. The molecule has 0 radical (unpaired) electrons. The van der Waals surface area contributed by atoms with Crippen molar-refractivity contribution in [1.29, 1.82) is 0 Å². The average molecular weight is 322 g/mol. The molecule has 1 unspecified atom stereocenters. The molecule has 23 heavy (non-hydrogen) atoms. The van der Waals surface area contributed by atoms with Crippen molar-refractivity contribution in [2.24, 2.45) is 5.92 Å². The van der Waals surface area contributed by atoms with Gasteiger partial charge in [-0.1, -0.05) is 20.3 Å².